The minimum Gasteiger partial charge on any atom is -0.491 e. The molecular formula is C17H26N2O2. The molecule has 1 aromatic rings. The molecule has 2 N–H and O–H groups in total. The van der Waals surface area contributed by atoms with Crippen LogP contribution in [0.1, 0.15) is 50.4 Å². The highest BCUT2D eigenvalue weighted by Crippen LogP contribution is 2.16. The van der Waals surface area contributed by atoms with Crippen LogP contribution in [0.15, 0.2) is 24.3 Å². The maximum atomic E-state index is 12.3. The standard InChI is InChI=1S/C17H26N2O2/c1-12(2)21-15-8-6-7-14(11-15)17(20)19-13(3)16-9-4-5-10-18-16/h6-8,11-13,16,18H,4-5,9-10H2,1-3H3,(H,19,20). The van der Waals surface area contributed by atoms with Gasteiger partial charge in [0.1, 0.15) is 5.75 Å². The molecule has 0 aromatic heterocycles. The molecule has 1 heterocycles. The molecule has 4 heteroatoms. The van der Waals surface area contributed by atoms with Gasteiger partial charge in [-0.3, -0.25) is 4.79 Å². The Bertz CT molecular complexity index is 468. The maximum Gasteiger partial charge on any atom is 0.251 e. The second kappa shape index (κ2) is 7.46. The second-order valence-electron chi connectivity index (χ2n) is 6.01. The first-order chi connectivity index (χ1) is 10.1. The predicted octanol–water partition coefficient (Wildman–Crippen LogP) is 2.73. The lowest BCUT2D eigenvalue weighted by molar-refractivity contribution is 0.0927. The van der Waals surface area contributed by atoms with E-state index in [1.54, 1.807) is 6.07 Å². The highest BCUT2D eigenvalue weighted by atomic mass is 16.5. The first-order valence-corrected chi connectivity index (χ1v) is 7.87. The molecule has 2 unspecified atom stereocenters. The van der Waals surface area contributed by atoms with Gasteiger partial charge in [0.15, 0.2) is 0 Å². The van der Waals surface area contributed by atoms with E-state index in [9.17, 15) is 4.79 Å². The number of carbonyl (C=O) groups is 1. The largest absolute Gasteiger partial charge is 0.491 e. The highest BCUT2D eigenvalue weighted by Gasteiger charge is 2.21. The summed E-state index contributed by atoms with van der Waals surface area (Å²) in [6.45, 7) is 7.06. The normalized spacial score (nSPS) is 20.1. The topological polar surface area (TPSA) is 50.4 Å². The van der Waals surface area contributed by atoms with Crippen molar-refractivity contribution in [3.05, 3.63) is 29.8 Å². The number of rotatable bonds is 5. The number of ether oxygens (including phenoxy) is 1. The van der Waals surface area contributed by atoms with Crippen LogP contribution >= 0.6 is 0 Å². The summed E-state index contributed by atoms with van der Waals surface area (Å²) in [5, 5.41) is 6.56. The minimum absolute atomic E-state index is 0.0379. The van der Waals surface area contributed by atoms with Crippen molar-refractivity contribution >= 4 is 5.91 Å². The molecule has 0 aliphatic carbocycles. The summed E-state index contributed by atoms with van der Waals surface area (Å²) in [6, 6.07) is 7.86. The lowest BCUT2D eigenvalue weighted by Gasteiger charge is -2.29. The summed E-state index contributed by atoms with van der Waals surface area (Å²) in [5.74, 6) is 0.699. The molecule has 4 nitrogen and oxygen atoms in total. The molecule has 0 saturated carbocycles. The summed E-state index contributed by atoms with van der Waals surface area (Å²) in [5.41, 5.74) is 0.649. The average molecular weight is 290 g/mol. The zero-order valence-electron chi connectivity index (χ0n) is 13.2. The fourth-order valence-corrected chi connectivity index (χ4v) is 2.68. The van der Waals surface area contributed by atoms with Crippen molar-refractivity contribution < 1.29 is 9.53 Å². The molecule has 2 atom stereocenters. The first kappa shape index (κ1) is 15.8. The number of hydrogen-bond acceptors (Lipinski definition) is 3. The van der Waals surface area contributed by atoms with Crippen molar-refractivity contribution in [2.24, 2.45) is 0 Å². The van der Waals surface area contributed by atoms with E-state index in [4.69, 9.17) is 4.74 Å². The van der Waals surface area contributed by atoms with Crippen molar-refractivity contribution in [1.29, 1.82) is 0 Å². The van der Waals surface area contributed by atoms with E-state index in [2.05, 4.69) is 17.6 Å². The van der Waals surface area contributed by atoms with Gasteiger partial charge >= 0.3 is 0 Å². The number of nitrogens with one attached hydrogen (secondary N) is 2. The number of hydrogen-bond donors (Lipinski definition) is 2. The maximum absolute atomic E-state index is 12.3. The van der Waals surface area contributed by atoms with Crippen molar-refractivity contribution in [2.75, 3.05) is 6.54 Å². The monoisotopic (exact) mass is 290 g/mol. The summed E-state index contributed by atoms with van der Waals surface area (Å²) >= 11 is 0. The van der Waals surface area contributed by atoms with Crippen molar-refractivity contribution in [3.63, 3.8) is 0 Å². The Labute approximate surface area is 127 Å². The molecule has 1 aromatic carbocycles. The summed E-state index contributed by atoms with van der Waals surface area (Å²) < 4.78 is 5.63. The fourth-order valence-electron chi connectivity index (χ4n) is 2.68. The number of benzene rings is 1. The third kappa shape index (κ3) is 4.74. The molecule has 0 radical (unpaired) electrons. The Kier molecular flexibility index (Phi) is 5.62. The second-order valence-corrected chi connectivity index (χ2v) is 6.01. The van der Waals surface area contributed by atoms with Crippen LogP contribution in [0.3, 0.4) is 0 Å². The zero-order chi connectivity index (χ0) is 15.2. The van der Waals surface area contributed by atoms with Gasteiger partial charge in [-0.2, -0.15) is 0 Å². The van der Waals surface area contributed by atoms with Crippen LogP contribution in [-0.4, -0.2) is 30.6 Å². The molecule has 21 heavy (non-hydrogen) atoms. The molecule has 1 aliphatic heterocycles. The van der Waals surface area contributed by atoms with Gasteiger partial charge in [0.05, 0.1) is 6.10 Å². The van der Waals surface area contributed by atoms with E-state index in [0.29, 0.717) is 11.6 Å². The van der Waals surface area contributed by atoms with Crippen LogP contribution in [0.2, 0.25) is 0 Å². The lowest BCUT2D eigenvalue weighted by atomic mass is 9.99. The summed E-state index contributed by atoms with van der Waals surface area (Å²) in [4.78, 5) is 12.3. The molecule has 1 aliphatic rings. The van der Waals surface area contributed by atoms with Crippen LogP contribution in [-0.2, 0) is 0 Å². The van der Waals surface area contributed by atoms with Gasteiger partial charge in [0.2, 0.25) is 0 Å². The predicted molar refractivity (Wildman–Crippen MR) is 84.8 cm³/mol. The summed E-state index contributed by atoms with van der Waals surface area (Å²) in [7, 11) is 0. The molecular weight excluding hydrogens is 264 g/mol. The van der Waals surface area contributed by atoms with Crippen LogP contribution in [0.5, 0.6) is 5.75 Å². The quantitative estimate of drug-likeness (QED) is 0.876. The number of carbonyl (C=O) groups excluding carboxylic acids is 1. The van der Waals surface area contributed by atoms with Crippen molar-refractivity contribution in [1.82, 2.24) is 10.6 Å². The molecule has 1 saturated heterocycles. The lowest BCUT2D eigenvalue weighted by Crippen LogP contribution is -2.50. The van der Waals surface area contributed by atoms with E-state index in [1.807, 2.05) is 32.0 Å². The van der Waals surface area contributed by atoms with Crippen LogP contribution in [0.4, 0.5) is 0 Å². The van der Waals surface area contributed by atoms with E-state index in [1.165, 1.54) is 12.8 Å². The van der Waals surface area contributed by atoms with Gasteiger partial charge in [0, 0.05) is 17.6 Å². The molecule has 1 amide bonds. The molecule has 2 rings (SSSR count). The van der Waals surface area contributed by atoms with Gasteiger partial charge in [-0.1, -0.05) is 12.5 Å². The minimum atomic E-state index is -0.0379. The Morgan fingerprint density at radius 1 is 1.33 bits per heavy atom. The van der Waals surface area contributed by atoms with E-state index < -0.39 is 0 Å². The van der Waals surface area contributed by atoms with Gasteiger partial charge in [-0.15, -0.1) is 0 Å². The zero-order valence-corrected chi connectivity index (χ0v) is 13.2. The van der Waals surface area contributed by atoms with Gasteiger partial charge < -0.3 is 15.4 Å². The highest BCUT2D eigenvalue weighted by molar-refractivity contribution is 5.94. The third-order valence-electron chi connectivity index (χ3n) is 3.78. The van der Waals surface area contributed by atoms with Gasteiger partial charge in [-0.05, 0) is 58.4 Å². The molecule has 0 bridgehead atoms. The van der Waals surface area contributed by atoms with Gasteiger partial charge in [-0.25, -0.2) is 0 Å². The third-order valence-corrected chi connectivity index (χ3v) is 3.78. The molecule has 0 spiro atoms. The van der Waals surface area contributed by atoms with Crippen LogP contribution in [0, 0.1) is 0 Å². The van der Waals surface area contributed by atoms with Gasteiger partial charge in [0.25, 0.3) is 5.91 Å². The average Bonchev–Trinajstić information content (AvgIpc) is 2.47. The molecule has 116 valence electrons. The Hall–Kier alpha value is -1.55. The van der Waals surface area contributed by atoms with Crippen LogP contribution in [0.25, 0.3) is 0 Å². The van der Waals surface area contributed by atoms with Crippen molar-refractivity contribution in [2.45, 2.75) is 58.2 Å². The smallest absolute Gasteiger partial charge is 0.251 e. The fraction of sp³-hybridized carbons (Fsp3) is 0.588. The Morgan fingerprint density at radius 2 is 2.14 bits per heavy atom. The molecule has 1 fully saturated rings. The van der Waals surface area contributed by atoms with Crippen molar-refractivity contribution in [3.8, 4) is 5.75 Å². The Morgan fingerprint density at radius 3 is 2.81 bits per heavy atom. The Balaban J connectivity index is 1.95. The first-order valence-electron chi connectivity index (χ1n) is 7.87. The van der Waals surface area contributed by atoms with E-state index >= 15 is 0 Å². The van der Waals surface area contributed by atoms with E-state index in [0.717, 1.165) is 18.7 Å². The van der Waals surface area contributed by atoms with E-state index in [-0.39, 0.29) is 18.1 Å². The number of piperidine rings is 1. The number of amides is 1. The SMILES string of the molecule is CC(C)Oc1cccc(C(=O)NC(C)C2CCCCN2)c1. The summed E-state index contributed by atoms with van der Waals surface area (Å²) in [6.07, 6.45) is 3.69. The van der Waals surface area contributed by atoms with Crippen LogP contribution < -0.4 is 15.4 Å².